The molecule has 2 rings (SSSR count). The van der Waals surface area contributed by atoms with E-state index in [0.29, 0.717) is 17.1 Å². The molecule has 5 nitrogen and oxygen atoms in total. The summed E-state index contributed by atoms with van der Waals surface area (Å²) in [7, 11) is 1.48. The highest BCUT2D eigenvalue weighted by Crippen LogP contribution is 2.28. The summed E-state index contributed by atoms with van der Waals surface area (Å²) in [6.07, 6.45) is 3.03. The highest BCUT2D eigenvalue weighted by molar-refractivity contribution is 6.30. The monoisotopic (exact) mass is 282 g/mol. The first-order chi connectivity index (χ1) is 9.17. The lowest BCUT2D eigenvalue weighted by Gasteiger charge is -2.17. The zero-order chi connectivity index (χ0) is 13.8. The van der Waals surface area contributed by atoms with Crippen LogP contribution in [0.25, 0.3) is 0 Å². The van der Waals surface area contributed by atoms with E-state index in [-0.39, 0.29) is 5.02 Å². The molecule has 1 atom stereocenters. The van der Waals surface area contributed by atoms with E-state index in [2.05, 4.69) is 15.4 Å². The van der Waals surface area contributed by atoms with Crippen LogP contribution in [0.3, 0.4) is 0 Å². The summed E-state index contributed by atoms with van der Waals surface area (Å²) in [6, 6.07) is 3.82. The molecule has 0 spiro atoms. The Morgan fingerprint density at radius 3 is 2.74 bits per heavy atom. The normalized spacial score (nSPS) is 12.2. The topological polar surface area (TPSA) is 73.1 Å². The van der Waals surface area contributed by atoms with Crippen LogP contribution < -0.4 is 16.0 Å². The molecule has 1 aromatic heterocycles. The second kappa shape index (κ2) is 5.92. The van der Waals surface area contributed by atoms with Gasteiger partial charge in [0.15, 0.2) is 0 Å². The minimum atomic E-state index is -0.498. The number of hydrogen-bond acceptors (Lipinski definition) is 5. The van der Waals surface area contributed by atoms with Crippen LogP contribution in [0.15, 0.2) is 30.6 Å². The Morgan fingerprint density at radius 1 is 1.37 bits per heavy atom. The number of nitrogens with zero attached hydrogens (tertiary/aromatic N) is 2. The first-order valence-electron chi connectivity index (χ1n) is 5.43. The van der Waals surface area contributed by atoms with Gasteiger partial charge in [-0.3, -0.25) is 10.8 Å². The van der Waals surface area contributed by atoms with Crippen molar-refractivity contribution in [2.45, 2.75) is 6.04 Å². The minimum Gasteiger partial charge on any atom is -0.480 e. The molecule has 0 aliphatic heterocycles. The Hall–Kier alpha value is -1.76. The average Bonchev–Trinajstić information content (AvgIpc) is 2.44. The molecule has 0 aliphatic rings. The van der Waals surface area contributed by atoms with Gasteiger partial charge in [0.1, 0.15) is 11.5 Å². The average molecular weight is 283 g/mol. The summed E-state index contributed by atoms with van der Waals surface area (Å²) in [6.45, 7) is 0. The predicted octanol–water partition coefficient (Wildman–Crippen LogP) is 1.83. The highest BCUT2D eigenvalue weighted by atomic mass is 35.5. The van der Waals surface area contributed by atoms with E-state index < -0.39 is 11.9 Å². The lowest BCUT2D eigenvalue weighted by Crippen LogP contribution is -2.30. The zero-order valence-corrected chi connectivity index (χ0v) is 10.9. The van der Waals surface area contributed by atoms with Crippen LogP contribution in [0.2, 0.25) is 5.02 Å². The molecule has 0 saturated carbocycles. The van der Waals surface area contributed by atoms with E-state index in [4.69, 9.17) is 22.2 Å². The van der Waals surface area contributed by atoms with Gasteiger partial charge >= 0.3 is 0 Å². The fourth-order valence-corrected chi connectivity index (χ4v) is 1.91. The second-order valence-corrected chi connectivity index (χ2v) is 4.13. The first kappa shape index (κ1) is 13.7. The fourth-order valence-electron chi connectivity index (χ4n) is 1.72. The molecule has 2 aromatic rings. The molecule has 1 unspecified atom stereocenters. The third-order valence-electron chi connectivity index (χ3n) is 2.60. The van der Waals surface area contributed by atoms with E-state index >= 15 is 0 Å². The van der Waals surface area contributed by atoms with Gasteiger partial charge in [-0.05, 0) is 17.7 Å². The van der Waals surface area contributed by atoms with Crippen molar-refractivity contribution in [1.82, 2.24) is 15.4 Å². The highest BCUT2D eigenvalue weighted by Gasteiger charge is 2.20. The molecule has 3 N–H and O–H groups in total. The maximum Gasteiger partial charge on any atom is 0.237 e. The molecule has 1 heterocycles. The number of methoxy groups -OCH3 is 1. The van der Waals surface area contributed by atoms with Crippen molar-refractivity contribution in [2.75, 3.05) is 7.11 Å². The summed E-state index contributed by atoms with van der Waals surface area (Å²) < 4.78 is 18.3. The van der Waals surface area contributed by atoms with Gasteiger partial charge in [0, 0.05) is 12.4 Å². The van der Waals surface area contributed by atoms with E-state index in [9.17, 15) is 4.39 Å². The number of nitrogens with two attached hydrogens (primary N) is 1. The van der Waals surface area contributed by atoms with Gasteiger partial charge in [0.05, 0.1) is 18.2 Å². The molecule has 7 heteroatoms. The summed E-state index contributed by atoms with van der Waals surface area (Å²) >= 11 is 5.77. The van der Waals surface area contributed by atoms with Crippen LogP contribution >= 0.6 is 11.6 Å². The molecule has 0 amide bonds. The number of hydrogen-bond donors (Lipinski definition) is 2. The third-order valence-corrected chi connectivity index (χ3v) is 2.89. The third kappa shape index (κ3) is 2.81. The maximum absolute atomic E-state index is 13.2. The van der Waals surface area contributed by atoms with Crippen molar-refractivity contribution in [2.24, 2.45) is 5.84 Å². The predicted molar refractivity (Wildman–Crippen MR) is 69.2 cm³/mol. The smallest absolute Gasteiger partial charge is 0.237 e. The second-order valence-electron chi connectivity index (χ2n) is 3.72. The van der Waals surface area contributed by atoms with Gasteiger partial charge < -0.3 is 4.74 Å². The lowest BCUT2D eigenvalue weighted by atomic mass is 10.0. The molecular weight excluding hydrogens is 271 g/mol. The van der Waals surface area contributed by atoms with Gasteiger partial charge in [-0.2, -0.15) is 0 Å². The number of rotatable bonds is 4. The Bertz CT molecular complexity index is 581. The maximum atomic E-state index is 13.2. The van der Waals surface area contributed by atoms with Crippen LogP contribution in [0.1, 0.15) is 17.3 Å². The summed E-state index contributed by atoms with van der Waals surface area (Å²) in [5.41, 5.74) is 3.75. The van der Waals surface area contributed by atoms with E-state index in [0.717, 1.165) is 0 Å². The number of halogens is 2. The first-order valence-corrected chi connectivity index (χ1v) is 5.81. The van der Waals surface area contributed by atoms with Gasteiger partial charge in [-0.25, -0.2) is 14.8 Å². The minimum absolute atomic E-state index is 0.0145. The van der Waals surface area contributed by atoms with Crippen LogP contribution in [-0.2, 0) is 0 Å². The van der Waals surface area contributed by atoms with Crippen molar-refractivity contribution >= 4 is 11.6 Å². The van der Waals surface area contributed by atoms with Crippen molar-refractivity contribution in [3.8, 4) is 5.88 Å². The van der Waals surface area contributed by atoms with Gasteiger partial charge in [-0.1, -0.05) is 17.7 Å². The molecule has 0 bridgehead atoms. The van der Waals surface area contributed by atoms with E-state index in [1.165, 1.54) is 31.6 Å². The number of aromatic nitrogens is 2. The summed E-state index contributed by atoms with van der Waals surface area (Å²) in [5, 5.41) is 0.0145. The standard InChI is InChI=1S/C12H12ClFN4O/c1-19-12-11(16-4-5-17-12)10(18-15)7-2-3-9(14)8(13)6-7/h2-6,10,18H,15H2,1H3. The van der Waals surface area contributed by atoms with Gasteiger partial charge in [-0.15, -0.1) is 0 Å². The van der Waals surface area contributed by atoms with Crippen molar-refractivity contribution in [1.29, 1.82) is 0 Å². The Kier molecular flexibility index (Phi) is 4.26. The van der Waals surface area contributed by atoms with Crippen LogP contribution in [0.5, 0.6) is 5.88 Å². The van der Waals surface area contributed by atoms with E-state index in [1.807, 2.05) is 0 Å². The Balaban J connectivity index is 2.46. The number of nitrogens with one attached hydrogen (secondary N) is 1. The quantitative estimate of drug-likeness (QED) is 0.661. The van der Waals surface area contributed by atoms with Gasteiger partial charge in [0.25, 0.3) is 0 Å². The number of ether oxygens (including phenoxy) is 1. The van der Waals surface area contributed by atoms with Crippen molar-refractivity contribution in [3.05, 3.63) is 52.7 Å². The molecule has 100 valence electrons. The number of benzene rings is 1. The number of hydrazine groups is 1. The zero-order valence-electron chi connectivity index (χ0n) is 10.1. The molecule has 0 radical (unpaired) electrons. The molecule has 1 aromatic carbocycles. The summed E-state index contributed by atoms with van der Waals surface area (Å²) in [5.74, 6) is 5.38. The van der Waals surface area contributed by atoms with Crippen LogP contribution in [-0.4, -0.2) is 17.1 Å². The molecule has 0 aliphatic carbocycles. The van der Waals surface area contributed by atoms with Crippen LogP contribution in [0, 0.1) is 5.82 Å². The molecule has 0 fully saturated rings. The Labute approximate surface area is 114 Å². The molecule has 19 heavy (non-hydrogen) atoms. The Morgan fingerprint density at radius 2 is 2.11 bits per heavy atom. The van der Waals surface area contributed by atoms with Gasteiger partial charge in [0.2, 0.25) is 5.88 Å². The largest absolute Gasteiger partial charge is 0.480 e. The van der Waals surface area contributed by atoms with Crippen molar-refractivity contribution < 1.29 is 9.13 Å². The lowest BCUT2D eigenvalue weighted by molar-refractivity contribution is 0.383. The van der Waals surface area contributed by atoms with Crippen LogP contribution in [0.4, 0.5) is 4.39 Å². The molecule has 0 saturated heterocycles. The SMILES string of the molecule is COc1nccnc1C(NN)c1ccc(F)c(Cl)c1. The van der Waals surface area contributed by atoms with Crippen molar-refractivity contribution in [3.63, 3.8) is 0 Å². The van der Waals surface area contributed by atoms with E-state index in [1.54, 1.807) is 6.07 Å². The summed E-state index contributed by atoms with van der Waals surface area (Å²) in [4.78, 5) is 8.23. The fraction of sp³-hybridized carbons (Fsp3) is 0.167. The molecular formula is C12H12ClFN4O.